The van der Waals surface area contributed by atoms with Crippen LogP contribution < -0.4 is 4.74 Å². The summed E-state index contributed by atoms with van der Waals surface area (Å²) >= 11 is 0. The van der Waals surface area contributed by atoms with Crippen molar-refractivity contribution < 1.29 is 4.74 Å². The first-order chi connectivity index (χ1) is 14.2. The Bertz CT molecular complexity index is 868. The lowest BCUT2D eigenvalue weighted by Crippen LogP contribution is -2.38. The third kappa shape index (κ3) is 5.31. The predicted molar refractivity (Wildman–Crippen MR) is 113 cm³/mol. The Kier molecular flexibility index (Phi) is 6.36. The van der Waals surface area contributed by atoms with Gasteiger partial charge in [0, 0.05) is 25.5 Å². The van der Waals surface area contributed by atoms with Crippen molar-refractivity contribution in [2.75, 3.05) is 40.3 Å². The molecule has 0 saturated carbocycles. The van der Waals surface area contributed by atoms with E-state index in [2.05, 4.69) is 44.0 Å². The van der Waals surface area contributed by atoms with Gasteiger partial charge in [-0.25, -0.2) is 9.50 Å². The molecule has 29 heavy (non-hydrogen) atoms. The van der Waals surface area contributed by atoms with E-state index in [1.165, 1.54) is 31.5 Å². The maximum Gasteiger partial charge on any atom is 0.252 e. The summed E-state index contributed by atoms with van der Waals surface area (Å²) in [6.45, 7) is 5.36. The van der Waals surface area contributed by atoms with Gasteiger partial charge in [-0.05, 0) is 69.1 Å². The Hall–Kier alpha value is -2.51. The summed E-state index contributed by atoms with van der Waals surface area (Å²) in [6.07, 6.45) is 7.25. The molecular weight excluding hydrogens is 364 g/mol. The van der Waals surface area contributed by atoms with Gasteiger partial charge >= 0.3 is 0 Å². The Morgan fingerprint density at radius 3 is 2.69 bits per heavy atom. The Morgan fingerprint density at radius 2 is 1.97 bits per heavy atom. The monoisotopic (exact) mass is 394 g/mol. The maximum atomic E-state index is 5.23. The van der Waals surface area contributed by atoms with Gasteiger partial charge in [0.05, 0.1) is 13.7 Å². The van der Waals surface area contributed by atoms with Crippen LogP contribution in [0.25, 0.3) is 5.78 Å². The van der Waals surface area contributed by atoms with E-state index in [4.69, 9.17) is 4.74 Å². The molecule has 0 bridgehead atoms. The van der Waals surface area contributed by atoms with Gasteiger partial charge in [-0.2, -0.15) is 4.98 Å². The fraction of sp³-hybridized carbons (Fsp3) is 0.500. The molecule has 7 nitrogen and oxygen atoms in total. The van der Waals surface area contributed by atoms with E-state index in [0.717, 1.165) is 43.5 Å². The summed E-state index contributed by atoms with van der Waals surface area (Å²) in [5.41, 5.74) is 1.38. The molecule has 4 rings (SSSR count). The minimum Gasteiger partial charge on any atom is -0.497 e. The lowest BCUT2D eigenvalue weighted by Gasteiger charge is -2.33. The quantitative estimate of drug-likeness (QED) is 0.585. The molecule has 3 aromatic rings. The number of methoxy groups -OCH3 is 1. The number of nitrogens with zero attached hydrogens (tertiary/aromatic N) is 6. The summed E-state index contributed by atoms with van der Waals surface area (Å²) in [5, 5.41) is 4.51. The number of aromatic nitrogens is 4. The number of hydrogen-bond acceptors (Lipinski definition) is 6. The summed E-state index contributed by atoms with van der Waals surface area (Å²) in [6, 6.07) is 10.3. The summed E-state index contributed by atoms with van der Waals surface area (Å²) in [4.78, 5) is 13.7. The molecule has 0 radical (unpaired) electrons. The van der Waals surface area contributed by atoms with Gasteiger partial charge in [0.25, 0.3) is 5.78 Å². The summed E-state index contributed by atoms with van der Waals surface area (Å²) < 4.78 is 6.97. The van der Waals surface area contributed by atoms with Gasteiger partial charge in [-0.1, -0.05) is 12.1 Å². The second-order valence-electron chi connectivity index (χ2n) is 7.97. The van der Waals surface area contributed by atoms with Gasteiger partial charge in [-0.3, -0.25) is 4.90 Å². The van der Waals surface area contributed by atoms with Crippen LogP contribution in [0.4, 0.5) is 0 Å². The van der Waals surface area contributed by atoms with Gasteiger partial charge in [0.1, 0.15) is 5.75 Å². The first-order valence-electron chi connectivity index (χ1n) is 10.4. The van der Waals surface area contributed by atoms with Crippen molar-refractivity contribution >= 4 is 5.78 Å². The van der Waals surface area contributed by atoms with E-state index in [1.54, 1.807) is 17.8 Å². The summed E-state index contributed by atoms with van der Waals surface area (Å²) in [7, 11) is 3.87. The van der Waals surface area contributed by atoms with Crippen molar-refractivity contribution in [1.82, 2.24) is 29.4 Å². The normalized spacial score (nSPS) is 16.0. The highest BCUT2D eigenvalue weighted by molar-refractivity contribution is 5.27. The number of fused-ring (bicyclic) bond motifs is 1. The number of ether oxygens (including phenoxy) is 1. The van der Waals surface area contributed by atoms with Crippen LogP contribution in [0.5, 0.6) is 5.75 Å². The van der Waals surface area contributed by atoms with Crippen LogP contribution in [-0.4, -0.2) is 69.7 Å². The molecule has 0 spiro atoms. The van der Waals surface area contributed by atoms with Crippen LogP contribution in [-0.2, 0) is 13.0 Å². The van der Waals surface area contributed by atoms with Crippen molar-refractivity contribution in [3.63, 3.8) is 0 Å². The first kappa shape index (κ1) is 19.8. The van der Waals surface area contributed by atoms with E-state index in [0.29, 0.717) is 5.78 Å². The SMILES string of the molecule is COc1ccc(CCN2CCC(CN(C)Cc3nc4ncccn4n3)CC2)cc1. The minimum atomic E-state index is 0.668. The van der Waals surface area contributed by atoms with Crippen molar-refractivity contribution in [2.24, 2.45) is 5.92 Å². The highest BCUT2D eigenvalue weighted by Crippen LogP contribution is 2.19. The molecule has 0 amide bonds. The largest absolute Gasteiger partial charge is 0.497 e. The molecular formula is C22H30N6O. The number of hydrogen-bond donors (Lipinski definition) is 0. The zero-order valence-corrected chi connectivity index (χ0v) is 17.4. The predicted octanol–water partition coefficient (Wildman–Crippen LogP) is 2.52. The van der Waals surface area contributed by atoms with Crippen LogP contribution in [0.2, 0.25) is 0 Å². The van der Waals surface area contributed by atoms with Crippen molar-refractivity contribution in [3.05, 3.63) is 54.1 Å². The molecule has 1 aliphatic heterocycles. The molecule has 1 aliphatic rings. The zero-order valence-electron chi connectivity index (χ0n) is 17.4. The van der Waals surface area contributed by atoms with Crippen molar-refractivity contribution in [3.8, 4) is 5.75 Å². The molecule has 154 valence electrons. The highest BCUT2D eigenvalue weighted by Gasteiger charge is 2.21. The number of likely N-dealkylation sites (tertiary alicyclic amines) is 1. The standard InChI is InChI=1S/C22H30N6O/c1-26(17-21-24-22-23-11-3-12-28(22)25-21)16-19-9-14-27(15-10-19)13-8-18-4-6-20(29-2)7-5-18/h3-7,11-12,19H,8-10,13-17H2,1-2H3. The van der Waals surface area contributed by atoms with Gasteiger partial charge in [0.15, 0.2) is 5.82 Å². The molecule has 0 atom stereocenters. The van der Waals surface area contributed by atoms with E-state index in [1.807, 2.05) is 24.4 Å². The van der Waals surface area contributed by atoms with Crippen LogP contribution >= 0.6 is 0 Å². The molecule has 1 fully saturated rings. The molecule has 2 aromatic heterocycles. The van der Waals surface area contributed by atoms with E-state index < -0.39 is 0 Å². The van der Waals surface area contributed by atoms with E-state index in [9.17, 15) is 0 Å². The molecule has 3 heterocycles. The van der Waals surface area contributed by atoms with Crippen LogP contribution in [0, 0.1) is 5.92 Å². The minimum absolute atomic E-state index is 0.668. The Morgan fingerprint density at radius 1 is 1.17 bits per heavy atom. The zero-order chi connectivity index (χ0) is 20.1. The van der Waals surface area contributed by atoms with Crippen LogP contribution in [0.15, 0.2) is 42.7 Å². The Labute approximate surface area is 172 Å². The fourth-order valence-corrected chi connectivity index (χ4v) is 4.06. The van der Waals surface area contributed by atoms with Crippen molar-refractivity contribution in [1.29, 1.82) is 0 Å². The fourth-order valence-electron chi connectivity index (χ4n) is 4.06. The summed E-state index contributed by atoms with van der Waals surface area (Å²) in [5.74, 6) is 3.17. The molecule has 0 N–H and O–H groups in total. The lowest BCUT2D eigenvalue weighted by molar-refractivity contribution is 0.152. The van der Waals surface area contributed by atoms with Crippen LogP contribution in [0.1, 0.15) is 24.2 Å². The van der Waals surface area contributed by atoms with Gasteiger partial charge in [-0.15, -0.1) is 5.10 Å². The maximum absolute atomic E-state index is 5.23. The second kappa shape index (κ2) is 9.33. The molecule has 7 heteroatoms. The molecule has 0 unspecified atom stereocenters. The molecule has 0 aliphatic carbocycles. The number of benzene rings is 1. The topological polar surface area (TPSA) is 58.8 Å². The van der Waals surface area contributed by atoms with Gasteiger partial charge < -0.3 is 9.64 Å². The van der Waals surface area contributed by atoms with E-state index >= 15 is 0 Å². The third-order valence-corrected chi connectivity index (χ3v) is 5.72. The molecule has 1 aromatic carbocycles. The van der Waals surface area contributed by atoms with Crippen molar-refractivity contribution in [2.45, 2.75) is 25.8 Å². The number of piperidine rings is 1. The van der Waals surface area contributed by atoms with E-state index in [-0.39, 0.29) is 0 Å². The highest BCUT2D eigenvalue weighted by atomic mass is 16.5. The second-order valence-corrected chi connectivity index (χ2v) is 7.97. The Balaban J connectivity index is 1.19. The average molecular weight is 395 g/mol. The first-order valence-corrected chi connectivity index (χ1v) is 10.4. The average Bonchev–Trinajstić information content (AvgIpc) is 3.15. The van der Waals surface area contributed by atoms with Crippen LogP contribution in [0.3, 0.4) is 0 Å². The smallest absolute Gasteiger partial charge is 0.252 e. The third-order valence-electron chi connectivity index (χ3n) is 5.72. The molecule has 1 saturated heterocycles. The lowest BCUT2D eigenvalue weighted by atomic mass is 9.96. The van der Waals surface area contributed by atoms with Gasteiger partial charge in [0.2, 0.25) is 0 Å². The number of rotatable bonds is 8.